The van der Waals surface area contributed by atoms with Crippen molar-refractivity contribution in [3.8, 4) is 67.7 Å². The largest absolute Gasteiger partial charge is 0.457 e. The van der Waals surface area contributed by atoms with E-state index in [1.807, 2.05) is 36.4 Å². The highest BCUT2D eigenvalue weighted by Gasteiger charge is 2.50. The average Bonchev–Trinajstić information content (AvgIpc) is 3.80. The molecule has 3 heterocycles. The first kappa shape index (κ1) is 31.8. The molecule has 0 saturated carbocycles. The Kier molecular flexibility index (Phi) is 6.81. The molecular formula is C53H32N2O2. The third kappa shape index (κ3) is 4.68. The second kappa shape index (κ2) is 12.2. The highest BCUT2D eigenvalue weighted by molar-refractivity contribution is 6.06. The third-order valence-electron chi connectivity index (χ3n) is 11.8. The second-order valence-corrected chi connectivity index (χ2v) is 14.8. The zero-order valence-corrected chi connectivity index (χ0v) is 30.7. The van der Waals surface area contributed by atoms with Crippen LogP contribution in [-0.4, -0.2) is 9.97 Å². The molecule has 1 aliphatic heterocycles. The molecule has 4 heteroatoms. The highest BCUT2D eigenvalue weighted by atomic mass is 16.5. The molecule has 0 fully saturated rings. The predicted molar refractivity (Wildman–Crippen MR) is 228 cm³/mol. The summed E-state index contributed by atoms with van der Waals surface area (Å²) in [6, 6.07) is 68.2. The van der Waals surface area contributed by atoms with E-state index in [4.69, 9.17) is 19.1 Å². The van der Waals surface area contributed by atoms with Gasteiger partial charge in [-0.2, -0.15) is 0 Å². The maximum atomic E-state index is 6.87. The molecule has 0 radical (unpaired) electrons. The topological polar surface area (TPSA) is 48.2 Å². The zero-order chi connectivity index (χ0) is 37.5. The van der Waals surface area contributed by atoms with Crippen molar-refractivity contribution in [2.45, 2.75) is 5.41 Å². The van der Waals surface area contributed by atoms with Crippen molar-refractivity contribution in [1.29, 1.82) is 0 Å². The zero-order valence-electron chi connectivity index (χ0n) is 30.7. The summed E-state index contributed by atoms with van der Waals surface area (Å²) in [5.74, 6) is 2.35. The van der Waals surface area contributed by atoms with Crippen molar-refractivity contribution >= 4 is 21.9 Å². The molecule has 57 heavy (non-hydrogen) atoms. The number of benzene rings is 8. The summed E-state index contributed by atoms with van der Waals surface area (Å²) in [6.45, 7) is 0. The van der Waals surface area contributed by atoms with Crippen molar-refractivity contribution in [3.05, 3.63) is 216 Å². The minimum atomic E-state index is -0.515. The molecule has 1 aliphatic carbocycles. The minimum Gasteiger partial charge on any atom is -0.457 e. The maximum absolute atomic E-state index is 6.87. The Morgan fingerprint density at radius 2 is 0.930 bits per heavy atom. The summed E-state index contributed by atoms with van der Waals surface area (Å²) >= 11 is 0. The normalized spacial score (nSPS) is 13.2. The lowest BCUT2D eigenvalue weighted by Gasteiger charge is -2.39. The van der Waals surface area contributed by atoms with Crippen LogP contribution in [0, 0.1) is 0 Å². The molecule has 266 valence electrons. The fourth-order valence-corrected chi connectivity index (χ4v) is 9.32. The van der Waals surface area contributed by atoms with Gasteiger partial charge in [-0.25, -0.2) is 9.97 Å². The molecule has 0 saturated heterocycles. The fourth-order valence-electron chi connectivity index (χ4n) is 9.32. The van der Waals surface area contributed by atoms with Crippen LogP contribution in [0.4, 0.5) is 0 Å². The lowest BCUT2D eigenvalue weighted by atomic mass is 9.66. The highest BCUT2D eigenvalue weighted by Crippen LogP contribution is 2.62. The number of ether oxygens (including phenoxy) is 1. The number of furan rings is 1. The van der Waals surface area contributed by atoms with Gasteiger partial charge < -0.3 is 9.15 Å². The van der Waals surface area contributed by atoms with Gasteiger partial charge in [0.05, 0.1) is 16.8 Å². The number of hydrogen-bond donors (Lipinski definition) is 0. The summed E-state index contributed by atoms with van der Waals surface area (Å²) in [6.07, 6.45) is 0. The van der Waals surface area contributed by atoms with Crippen LogP contribution in [-0.2, 0) is 5.41 Å². The smallest absolute Gasteiger partial charge is 0.161 e. The van der Waals surface area contributed by atoms with E-state index in [-0.39, 0.29) is 0 Å². The van der Waals surface area contributed by atoms with Crippen LogP contribution in [0.15, 0.2) is 199 Å². The van der Waals surface area contributed by atoms with Gasteiger partial charge in [-0.1, -0.05) is 158 Å². The molecule has 12 rings (SSSR count). The molecule has 0 bridgehead atoms. The summed E-state index contributed by atoms with van der Waals surface area (Å²) in [4.78, 5) is 10.5. The molecule has 1 spiro atoms. The van der Waals surface area contributed by atoms with Gasteiger partial charge in [-0.15, -0.1) is 0 Å². The van der Waals surface area contributed by atoms with Crippen molar-refractivity contribution in [3.63, 3.8) is 0 Å². The van der Waals surface area contributed by atoms with Crippen molar-refractivity contribution in [2.24, 2.45) is 0 Å². The van der Waals surface area contributed by atoms with E-state index in [1.54, 1.807) is 0 Å². The minimum absolute atomic E-state index is 0.515. The molecule has 0 N–H and O–H groups in total. The van der Waals surface area contributed by atoms with E-state index in [1.165, 1.54) is 22.3 Å². The number of nitrogens with zero attached hydrogens (tertiary/aromatic N) is 2. The van der Waals surface area contributed by atoms with Gasteiger partial charge in [-0.05, 0) is 69.8 Å². The number of rotatable bonds is 4. The van der Waals surface area contributed by atoms with Crippen molar-refractivity contribution < 1.29 is 9.15 Å². The fraction of sp³-hybridized carbons (Fsp3) is 0.0189. The van der Waals surface area contributed by atoms with Gasteiger partial charge >= 0.3 is 0 Å². The molecule has 0 unspecified atom stereocenters. The van der Waals surface area contributed by atoms with Gasteiger partial charge in [0, 0.05) is 38.6 Å². The summed E-state index contributed by atoms with van der Waals surface area (Å²) < 4.78 is 13.2. The molecule has 0 atom stereocenters. The predicted octanol–water partition coefficient (Wildman–Crippen LogP) is 13.5. The lowest BCUT2D eigenvalue weighted by molar-refractivity contribution is 0.436. The van der Waals surface area contributed by atoms with E-state index in [9.17, 15) is 0 Å². The number of fused-ring (bicyclic) bond motifs is 12. The molecule has 4 nitrogen and oxygen atoms in total. The number of hydrogen-bond acceptors (Lipinski definition) is 4. The quantitative estimate of drug-likeness (QED) is 0.181. The van der Waals surface area contributed by atoms with Crippen LogP contribution >= 0.6 is 0 Å². The molecule has 2 aliphatic rings. The van der Waals surface area contributed by atoms with Gasteiger partial charge in [0.2, 0.25) is 0 Å². The Labute approximate surface area is 329 Å². The van der Waals surface area contributed by atoms with E-state index < -0.39 is 5.41 Å². The van der Waals surface area contributed by atoms with Crippen molar-refractivity contribution in [2.75, 3.05) is 0 Å². The number of para-hydroxylation sites is 2. The van der Waals surface area contributed by atoms with Gasteiger partial charge in [0.15, 0.2) is 5.82 Å². The molecule has 2 aromatic heterocycles. The van der Waals surface area contributed by atoms with Crippen LogP contribution in [0.5, 0.6) is 11.5 Å². The average molecular weight is 729 g/mol. The van der Waals surface area contributed by atoms with E-state index in [2.05, 4.69) is 158 Å². The first-order valence-electron chi connectivity index (χ1n) is 19.3. The molecule has 0 amide bonds. The Morgan fingerprint density at radius 1 is 0.351 bits per heavy atom. The van der Waals surface area contributed by atoms with Crippen LogP contribution in [0.2, 0.25) is 0 Å². The Balaban J connectivity index is 1.04. The monoisotopic (exact) mass is 728 g/mol. The van der Waals surface area contributed by atoms with Crippen LogP contribution in [0.1, 0.15) is 22.3 Å². The van der Waals surface area contributed by atoms with Gasteiger partial charge in [0.1, 0.15) is 22.7 Å². The Morgan fingerprint density at radius 3 is 1.72 bits per heavy atom. The van der Waals surface area contributed by atoms with E-state index >= 15 is 0 Å². The second-order valence-electron chi connectivity index (χ2n) is 14.8. The lowest BCUT2D eigenvalue weighted by Crippen LogP contribution is -2.32. The first-order chi connectivity index (χ1) is 28.2. The molecule has 10 aromatic rings. The first-order valence-corrected chi connectivity index (χ1v) is 19.3. The SMILES string of the molecule is c1ccc(-c2cc(-c3ccc4c(c3)oc3ccccc34)nc(-c3ccccc3-c3ccc4c(c3)Oc3ccccc3C43c4ccccc4-c4ccccc43)n2)cc1. The Hall–Kier alpha value is -7.56. The van der Waals surface area contributed by atoms with Gasteiger partial charge in [0.25, 0.3) is 0 Å². The van der Waals surface area contributed by atoms with Crippen LogP contribution in [0.3, 0.4) is 0 Å². The summed E-state index contributed by atoms with van der Waals surface area (Å²) in [7, 11) is 0. The number of aromatic nitrogens is 2. The summed E-state index contributed by atoms with van der Waals surface area (Å²) in [5.41, 5.74) is 15.2. The van der Waals surface area contributed by atoms with Crippen molar-refractivity contribution in [1.82, 2.24) is 9.97 Å². The maximum Gasteiger partial charge on any atom is 0.161 e. The third-order valence-corrected chi connectivity index (χ3v) is 11.8. The molecular weight excluding hydrogens is 697 g/mol. The summed E-state index contributed by atoms with van der Waals surface area (Å²) in [5, 5.41) is 2.19. The Bertz CT molecular complexity index is 3190. The van der Waals surface area contributed by atoms with E-state index in [0.29, 0.717) is 5.82 Å². The molecule has 8 aromatic carbocycles. The van der Waals surface area contributed by atoms with Gasteiger partial charge in [-0.3, -0.25) is 0 Å². The standard InChI is InChI=1S/C53H32N2O2/c1-2-14-33(15-3-1)46-32-47(35-26-28-40-39-19-8-12-24-48(39)56-50(40)31-35)55-52(54-46)41-20-5-4-16-36(41)34-27-29-45-51(30-34)57-49-25-13-11-23-44(49)53(45)42-21-9-6-17-37(42)38-18-7-10-22-43(38)53/h1-32H. The van der Waals surface area contributed by atoms with E-state index in [0.717, 1.165) is 83.8 Å². The van der Waals surface area contributed by atoms with Crippen LogP contribution in [0.25, 0.3) is 78.1 Å². The van der Waals surface area contributed by atoms with Crippen LogP contribution < -0.4 is 4.74 Å².